The molecule has 0 aromatic heterocycles. The lowest BCUT2D eigenvalue weighted by Crippen LogP contribution is -2.31. The predicted octanol–water partition coefficient (Wildman–Crippen LogP) is 5.17. The van der Waals surface area contributed by atoms with Gasteiger partial charge < -0.3 is 4.74 Å². The number of hydrogen-bond acceptors (Lipinski definition) is 5. The van der Waals surface area contributed by atoms with Crippen LogP contribution in [-0.2, 0) is 4.74 Å². The molecular weight excluding hydrogens is 346 g/mol. The molecule has 0 saturated heterocycles. The van der Waals surface area contributed by atoms with Crippen molar-refractivity contribution in [2.24, 2.45) is 0 Å². The Morgan fingerprint density at radius 1 is 1.19 bits per heavy atom. The summed E-state index contributed by atoms with van der Waals surface area (Å²) in [5.41, 5.74) is 0.555. The molecule has 2 rings (SSSR count). The Balaban J connectivity index is 2.50. The first-order valence-electron chi connectivity index (χ1n) is 7.95. The fraction of sp³-hybridized carbons (Fsp3) is 0.250. The van der Waals surface area contributed by atoms with E-state index in [-0.39, 0.29) is 5.57 Å². The summed E-state index contributed by atoms with van der Waals surface area (Å²) in [6.45, 7) is 7.27. The number of ether oxygens (including phenoxy) is 1. The van der Waals surface area contributed by atoms with Gasteiger partial charge in [0.25, 0.3) is 0 Å². The van der Waals surface area contributed by atoms with Crippen LogP contribution >= 0.6 is 11.8 Å². The third-order valence-corrected chi connectivity index (χ3v) is 4.20. The molecule has 1 aromatic carbocycles. The van der Waals surface area contributed by atoms with Crippen molar-refractivity contribution >= 4 is 23.4 Å². The highest BCUT2D eigenvalue weighted by Gasteiger charge is 2.28. The second kappa shape index (κ2) is 7.95. The summed E-state index contributed by atoms with van der Waals surface area (Å²) in [6.07, 6.45) is 2.86. The van der Waals surface area contributed by atoms with Gasteiger partial charge in [-0.15, -0.1) is 0 Å². The Morgan fingerprint density at radius 2 is 1.81 bits per heavy atom. The fourth-order valence-electron chi connectivity index (χ4n) is 2.23. The Morgan fingerprint density at radius 3 is 2.35 bits per heavy atom. The first kappa shape index (κ1) is 19.4. The average Bonchev–Trinajstić information content (AvgIpc) is 2.95. The normalized spacial score (nSPS) is 15.1. The molecule has 1 heterocycles. The van der Waals surface area contributed by atoms with E-state index >= 15 is 0 Å². The maximum Gasteiger partial charge on any atom is 0.419 e. The van der Waals surface area contributed by atoms with Crippen LogP contribution in [0.5, 0.6) is 0 Å². The molecule has 26 heavy (non-hydrogen) atoms. The number of hydrogen-bond donors (Lipinski definition) is 0. The van der Waals surface area contributed by atoms with Gasteiger partial charge in [-0.05, 0) is 39.3 Å². The van der Waals surface area contributed by atoms with E-state index in [1.807, 2.05) is 49.4 Å². The lowest BCUT2D eigenvalue weighted by molar-refractivity contribution is 0.0397. The number of amides is 1. The second-order valence-electron chi connectivity index (χ2n) is 6.55. The van der Waals surface area contributed by atoms with E-state index in [0.29, 0.717) is 10.6 Å². The first-order valence-corrected chi connectivity index (χ1v) is 8.77. The van der Waals surface area contributed by atoms with Gasteiger partial charge in [-0.25, -0.2) is 9.69 Å². The van der Waals surface area contributed by atoms with Crippen LogP contribution < -0.4 is 0 Å². The van der Waals surface area contributed by atoms with Gasteiger partial charge >= 0.3 is 6.09 Å². The molecule has 0 atom stereocenters. The van der Waals surface area contributed by atoms with Crippen LogP contribution in [0.15, 0.2) is 58.1 Å². The van der Waals surface area contributed by atoms with Crippen molar-refractivity contribution < 1.29 is 9.53 Å². The summed E-state index contributed by atoms with van der Waals surface area (Å²) in [7, 11) is 0. The van der Waals surface area contributed by atoms with Crippen LogP contribution in [0, 0.1) is 22.7 Å². The third kappa shape index (κ3) is 4.78. The Hall–Kier alpha value is -2.96. The number of carbonyl (C=O) groups excluding carboxylic acids is 1. The number of carbonyl (C=O) groups is 1. The maximum absolute atomic E-state index is 12.5. The second-order valence-corrected chi connectivity index (χ2v) is 7.82. The summed E-state index contributed by atoms with van der Waals surface area (Å²) in [5.74, 6) is 0. The zero-order valence-electron chi connectivity index (χ0n) is 15.1. The van der Waals surface area contributed by atoms with Crippen LogP contribution in [0.3, 0.4) is 0 Å². The van der Waals surface area contributed by atoms with E-state index in [1.165, 1.54) is 16.7 Å². The van der Waals surface area contributed by atoms with Crippen molar-refractivity contribution in [2.45, 2.75) is 33.3 Å². The van der Waals surface area contributed by atoms with E-state index in [0.717, 1.165) is 10.5 Å². The zero-order chi connectivity index (χ0) is 19.3. The van der Waals surface area contributed by atoms with Gasteiger partial charge in [-0.2, -0.15) is 10.5 Å². The molecule has 132 valence electrons. The average molecular weight is 365 g/mol. The van der Waals surface area contributed by atoms with Crippen LogP contribution in [0.25, 0.3) is 5.57 Å². The van der Waals surface area contributed by atoms with Crippen molar-refractivity contribution in [3.05, 3.63) is 63.7 Å². The lowest BCUT2D eigenvalue weighted by atomic mass is 10.0. The van der Waals surface area contributed by atoms with Crippen LogP contribution in [0.4, 0.5) is 4.79 Å². The Labute approximate surface area is 157 Å². The largest absolute Gasteiger partial charge is 0.443 e. The smallest absolute Gasteiger partial charge is 0.419 e. The standard InChI is InChI=1S/C20H19N3O2S/c1-14-13-23(19(24)25-20(2,3)4)18(26-14)10-17(16(11-21)12-22)15-8-6-5-7-9-15/h5-10,13H,1-4H3/b18-10+. The number of benzene rings is 1. The van der Waals surface area contributed by atoms with Crippen LogP contribution in [0.1, 0.15) is 33.3 Å². The van der Waals surface area contributed by atoms with E-state index < -0.39 is 11.7 Å². The van der Waals surface area contributed by atoms with Gasteiger partial charge in [0.2, 0.25) is 0 Å². The molecule has 5 nitrogen and oxygen atoms in total. The highest BCUT2D eigenvalue weighted by atomic mass is 32.2. The summed E-state index contributed by atoms with van der Waals surface area (Å²) in [5, 5.41) is 19.2. The minimum Gasteiger partial charge on any atom is -0.443 e. The fourth-order valence-corrected chi connectivity index (χ4v) is 3.12. The van der Waals surface area contributed by atoms with Crippen molar-refractivity contribution in [2.75, 3.05) is 0 Å². The molecule has 0 aliphatic carbocycles. The molecule has 0 fully saturated rings. The highest BCUT2D eigenvalue weighted by Crippen LogP contribution is 2.39. The van der Waals surface area contributed by atoms with Gasteiger partial charge in [0.1, 0.15) is 23.3 Å². The van der Waals surface area contributed by atoms with Gasteiger partial charge in [0.15, 0.2) is 0 Å². The molecule has 1 amide bonds. The maximum atomic E-state index is 12.5. The van der Waals surface area contributed by atoms with Crippen LogP contribution in [0.2, 0.25) is 0 Å². The summed E-state index contributed by atoms with van der Waals surface area (Å²) >= 11 is 1.38. The number of allylic oxidation sites excluding steroid dienone is 4. The number of nitrogens with zero attached hydrogens (tertiary/aromatic N) is 3. The topological polar surface area (TPSA) is 77.1 Å². The monoisotopic (exact) mass is 365 g/mol. The van der Waals surface area contributed by atoms with Gasteiger partial charge in [0.05, 0.1) is 5.03 Å². The summed E-state index contributed by atoms with van der Waals surface area (Å²) in [4.78, 5) is 14.8. The molecule has 0 N–H and O–H groups in total. The predicted molar refractivity (Wildman–Crippen MR) is 102 cm³/mol. The SMILES string of the molecule is CC1=CN(C(=O)OC(C)(C)C)/C(=C\C(=C(C#N)C#N)c2ccccc2)S1. The minimum absolute atomic E-state index is 0.0157. The molecule has 1 aromatic rings. The molecular formula is C20H19N3O2S. The molecule has 0 spiro atoms. The van der Waals surface area contributed by atoms with Crippen molar-refractivity contribution in [3.63, 3.8) is 0 Å². The number of nitriles is 2. The van der Waals surface area contributed by atoms with Crippen molar-refractivity contribution in [1.82, 2.24) is 4.90 Å². The molecule has 0 bridgehead atoms. The third-order valence-electron chi connectivity index (χ3n) is 3.25. The molecule has 0 unspecified atom stereocenters. The molecule has 0 radical (unpaired) electrons. The van der Waals surface area contributed by atoms with Crippen LogP contribution in [-0.4, -0.2) is 16.6 Å². The van der Waals surface area contributed by atoms with Gasteiger partial charge in [0, 0.05) is 16.7 Å². The molecule has 0 saturated carbocycles. The van der Waals surface area contributed by atoms with Crippen molar-refractivity contribution in [3.8, 4) is 12.1 Å². The number of rotatable bonds is 2. The Kier molecular flexibility index (Phi) is 5.92. The van der Waals surface area contributed by atoms with Gasteiger partial charge in [-0.3, -0.25) is 0 Å². The minimum atomic E-state index is -0.625. The summed E-state index contributed by atoms with van der Waals surface area (Å²) < 4.78 is 5.44. The Bertz CT molecular complexity index is 862. The van der Waals surface area contributed by atoms with Gasteiger partial charge in [-0.1, -0.05) is 42.1 Å². The molecule has 1 aliphatic heterocycles. The first-order chi connectivity index (χ1) is 12.2. The summed E-state index contributed by atoms with van der Waals surface area (Å²) in [6, 6.07) is 13.0. The molecule has 1 aliphatic rings. The highest BCUT2D eigenvalue weighted by molar-refractivity contribution is 8.06. The van der Waals surface area contributed by atoms with E-state index in [2.05, 4.69) is 0 Å². The lowest BCUT2D eigenvalue weighted by Gasteiger charge is -2.24. The van der Waals surface area contributed by atoms with E-state index in [9.17, 15) is 15.3 Å². The van der Waals surface area contributed by atoms with E-state index in [4.69, 9.17) is 4.74 Å². The van der Waals surface area contributed by atoms with E-state index in [1.54, 1.807) is 33.0 Å². The number of thioether (sulfide) groups is 1. The quantitative estimate of drug-likeness (QED) is 0.675. The molecule has 6 heteroatoms. The van der Waals surface area contributed by atoms with Crippen molar-refractivity contribution in [1.29, 1.82) is 10.5 Å². The zero-order valence-corrected chi connectivity index (χ0v) is 15.9.